The van der Waals surface area contributed by atoms with Crippen LogP contribution in [0.3, 0.4) is 0 Å². The van der Waals surface area contributed by atoms with Gasteiger partial charge in [0.2, 0.25) is 0 Å². The first-order valence-electron chi connectivity index (χ1n) is 5.49. The van der Waals surface area contributed by atoms with Gasteiger partial charge in [0.25, 0.3) is 0 Å². The molecule has 1 nitrogen and oxygen atoms in total. The van der Waals surface area contributed by atoms with Crippen LogP contribution in [0.15, 0.2) is 36.4 Å². The zero-order valence-electron chi connectivity index (χ0n) is 9.81. The predicted molar refractivity (Wildman–Crippen MR) is 74.9 cm³/mol. The van der Waals surface area contributed by atoms with E-state index in [0.29, 0.717) is 22.2 Å². The van der Waals surface area contributed by atoms with Crippen molar-refractivity contribution < 1.29 is 4.39 Å². The molecule has 0 atom stereocenters. The van der Waals surface area contributed by atoms with Gasteiger partial charge in [0.15, 0.2) is 0 Å². The lowest BCUT2D eigenvalue weighted by Gasteiger charge is -2.08. The van der Waals surface area contributed by atoms with Crippen molar-refractivity contribution in [1.29, 1.82) is 0 Å². The molecule has 0 unspecified atom stereocenters. The minimum absolute atomic E-state index is 0.218. The summed E-state index contributed by atoms with van der Waals surface area (Å²) in [5, 5.41) is 4.31. The Labute approximate surface area is 116 Å². The number of anilines is 1. The minimum atomic E-state index is -0.218. The quantitative estimate of drug-likeness (QED) is 0.831. The Hall–Kier alpha value is -1.25. The minimum Gasteiger partial charge on any atom is -0.381 e. The van der Waals surface area contributed by atoms with Crippen molar-refractivity contribution in [2.24, 2.45) is 0 Å². The fraction of sp³-hybridized carbons (Fsp3) is 0.143. The highest BCUT2D eigenvalue weighted by atomic mass is 35.5. The van der Waals surface area contributed by atoms with Gasteiger partial charge in [0.1, 0.15) is 5.82 Å². The van der Waals surface area contributed by atoms with Crippen molar-refractivity contribution in [3.63, 3.8) is 0 Å². The van der Waals surface area contributed by atoms with Gasteiger partial charge in [-0.05, 0) is 48.4 Å². The van der Waals surface area contributed by atoms with E-state index < -0.39 is 0 Å². The summed E-state index contributed by atoms with van der Waals surface area (Å²) >= 11 is 11.8. The number of halogens is 3. The smallest absolute Gasteiger partial charge is 0.128 e. The van der Waals surface area contributed by atoms with Crippen molar-refractivity contribution >= 4 is 28.9 Å². The lowest BCUT2D eigenvalue weighted by atomic mass is 10.2. The van der Waals surface area contributed by atoms with Crippen LogP contribution >= 0.6 is 23.2 Å². The maximum absolute atomic E-state index is 13.4. The Balaban J connectivity index is 2.08. The second kappa shape index (κ2) is 5.59. The Bertz CT molecular complexity index is 549. The van der Waals surface area contributed by atoms with Crippen molar-refractivity contribution in [2.75, 3.05) is 5.32 Å². The fourth-order valence-electron chi connectivity index (χ4n) is 1.62. The van der Waals surface area contributed by atoms with Crippen LogP contribution in [0, 0.1) is 12.7 Å². The van der Waals surface area contributed by atoms with Crippen molar-refractivity contribution in [1.82, 2.24) is 0 Å². The topological polar surface area (TPSA) is 12.0 Å². The molecule has 94 valence electrons. The molecule has 0 aliphatic heterocycles. The summed E-state index contributed by atoms with van der Waals surface area (Å²) in [6, 6.07) is 10.4. The molecule has 0 aliphatic carbocycles. The molecule has 2 rings (SSSR count). The molecule has 2 aromatic carbocycles. The lowest BCUT2D eigenvalue weighted by Crippen LogP contribution is -2.00. The molecule has 0 bridgehead atoms. The zero-order chi connectivity index (χ0) is 13.1. The molecule has 0 saturated carbocycles. The molecule has 0 heterocycles. The first-order chi connectivity index (χ1) is 8.54. The summed E-state index contributed by atoms with van der Waals surface area (Å²) < 4.78 is 13.4. The lowest BCUT2D eigenvalue weighted by molar-refractivity contribution is 0.619. The number of nitrogens with one attached hydrogen (secondary N) is 1. The molecular formula is C14H12Cl2FN. The van der Waals surface area contributed by atoms with Gasteiger partial charge in [0, 0.05) is 22.3 Å². The molecule has 0 amide bonds. The van der Waals surface area contributed by atoms with E-state index in [1.807, 2.05) is 18.2 Å². The van der Waals surface area contributed by atoms with Crippen molar-refractivity contribution in [3.8, 4) is 0 Å². The molecule has 4 heteroatoms. The van der Waals surface area contributed by atoms with E-state index in [1.54, 1.807) is 19.1 Å². The van der Waals surface area contributed by atoms with E-state index in [1.165, 1.54) is 6.07 Å². The monoisotopic (exact) mass is 283 g/mol. The molecule has 0 saturated heterocycles. The molecule has 0 radical (unpaired) electrons. The van der Waals surface area contributed by atoms with Gasteiger partial charge in [-0.15, -0.1) is 0 Å². The van der Waals surface area contributed by atoms with Crippen LogP contribution in [-0.2, 0) is 6.54 Å². The van der Waals surface area contributed by atoms with E-state index in [2.05, 4.69) is 5.32 Å². The molecule has 1 N–H and O–H groups in total. The first-order valence-corrected chi connectivity index (χ1v) is 6.25. The molecule has 0 aliphatic rings. The van der Waals surface area contributed by atoms with Gasteiger partial charge >= 0.3 is 0 Å². The molecule has 0 spiro atoms. The van der Waals surface area contributed by atoms with Crippen LogP contribution in [0.2, 0.25) is 10.0 Å². The summed E-state index contributed by atoms with van der Waals surface area (Å²) in [6.07, 6.45) is 0. The second-order valence-electron chi connectivity index (χ2n) is 4.10. The first kappa shape index (κ1) is 13.2. The highest BCUT2D eigenvalue weighted by Gasteiger charge is 2.01. The number of benzene rings is 2. The van der Waals surface area contributed by atoms with Crippen LogP contribution in [0.4, 0.5) is 10.1 Å². The van der Waals surface area contributed by atoms with Gasteiger partial charge < -0.3 is 5.32 Å². The van der Waals surface area contributed by atoms with Crippen LogP contribution in [0.25, 0.3) is 0 Å². The number of hydrogen-bond acceptors (Lipinski definition) is 1. The molecular weight excluding hydrogens is 272 g/mol. The Morgan fingerprint density at radius 1 is 1.06 bits per heavy atom. The third kappa shape index (κ3) is 3.37. The summed E-state index contributed by atoms with van der Waals surface area (Å²) in [7, 11) is 0. The normalized spacial score (nSPS) is 10.4. The van der Waals surface area contributed by atoms with Crippen LogP contribution < -0.4 is 5.32 Å². The molecule has 18 heavy (non-hydrogen) atoms. The summed E-state index contributed by atoms with van der Waals surface area (Å²) in [6.45, 7) is 2.28. The molecule has 2 aromatic rings. The third-order valence-electron chi connectivity index (χ3n) is 2.59. The molecule has 0 fully saturated rings. The summed E-state index contributed by atoms with van der Waals surface area (Å²) in [4.78, 5) is 0. The zero-order valence-corrected chi connectivity index (χ0v) is 11.3. The summed E-state index contributed by atoms with van der Waals surface area (Å²) in [5.41, 5.74) is 2.31. The van der Waals surface area contributed by atoms with Crippen LogP contribution in [0.1, 0.15) is 11.1 Å². The number of hydrogen-bond donors (Lipinski definition) is 1. The second-order valence-corrected chi connectivity index (χ2v) is 4.97. The van der Waals surface area contributed by atoms with Crippen molar-refractivity contribution in [2.45, 2.75) is 13.5 Å². The highest BCUT2D eigenvalue weighted by Crippen LogP contribution is 2.20. The van der Waals surface area contributed by atoms with E-state index in [0.717, 1.165) is 11.3 Å². The van der Waals surface area contributed by atoms with Gasteiger partial charge in [-0.2, -0.15) is 0 Å². The average molecular weight is 284 g/mol. The SMILES string of the molecule is Cc1ccc(NCc2cc(Cl)cc(Cl)c2)cc1F. The maximum Gasteiger partial charge on any atom is 0.128 e. The van der Waals surface area contributed by atoms with Crippen molar-refractivity contribution in [3.05, 3.63) is 63.4 Å². The highest BCUT2D eigenvalue weighted by molar-refractivity contribution is 6.34. The fourth-order valence-corrected chi connectivity index (χ4v) is 2.19. The van der Waals surface area contributed by atoms with Crippen LogP contribution in [-0.4, -0.2) is 0 Å². The van der Waals surface area contributed by atoms with E-state index in [4.69, 9.17) is 23.2 Å². The standard InChI is InChI=1S/C14H12Cl2FN/c1-9-2-3-13(7-14(9)17)18-8-10-4-11(15)6-12(16)5-10/h2-7,18H,8H2,1H3. The summed E-state index contributed by atoms with van der Waals surface area (Å²) in [5.74, 6) is -0.218. The third-order valence-corrected chi connectivity index (χ3v) is 3.03. The van der Waals surface area contributed by atoms with Gasteiger partial charge in [-0.3, -0.25) is 0 Å². The van der Waals surface area contributed by atoms with Gasteiger partial charge in [0.05, 0.1) is 0 Å². The average Bonchev–Trinajstić information content (AvgIpc) is 2.29. The number of aryl methyl sites for hydroxylation is 1. The largest absolute Gasteiger partial charge is 0.381 e. The van der Waals surface area contributed by atoms with E-state index in [9.17, 15) is 4.39 Å². The van der Waals surface area contributed by atoms with Gasteiger partial charge in [-0.25, -0.2) is 4.39 Å². The Kier molecular flexibility index (Phi) is 4.10. The predicted octanol–water partition coefficient (Wildman–Crippen LogP) is 5.05. The van der Waals surface area contributed by atoms with Gasteiger partial charge in [-0.1, -0.05) is 29.3 Å². The maximum atomic E-state index is 13.4. The van der Waals surface area contributed by atoms with E-state index in [-0.39, 0.29) is 5.82 Å². The Morgan fingerprint density at radius 3 is 2.33 bits per heavy atom. The molecule has 0 aromatic heterocycles. The number of rotatable bonds is 3. The Morgan fingerprint density at radius 2 is 1.72 bits per heavy atom. The van der Waals surface area contributed by atoms with Crippen LogP contribution in [0.5, 0.6) is 0 Å². The van der Waals surface area contributed by atoms with E-state index >= 15 is 0 Å².